The minimum atomic E-state index is -0.675. The Bertz CT molecular complexity index is 1940. The molecule has 0 amide bonds. The van der Waals surface area contributed by atoms with Gasteiger partial charge in [0.25, 0.3) is 0 Å². The molecule has 10 nitrogen and oxygen atoms in total. The number of aromatic nitrogens is 1. The first-order valence-electron chi connectivity index (χ1n) is 20.9. The summed E-state index contributed by atoms with van der Waals surface area (Å²) in [7, 11) is 2.01. The van der Waals surface area contributed by atoms with Gasteiger partial charge in [-0.25, -0.2) is 4.98 Å². The number of benzene rings is 3. The van der Waals surface area contributed by atoms with Gasteiger partial charge in [0.1, 0.15) is 11.6 Å². The van der Waals surface area contributed by atoms with E-state index in [0.717, 1.165) is 81.6 Å². The molecule has 0 spiro atoms. The maximum atomic E-state index is 13.3. The fourth-order valence-corrected chi connectivity index (χ4v) is 8.26. The number of pyridine rings is 1. The van der Waals surface area contributed by atoms with E-state index >= 15 is 0 Å². The maximum absolute atomic E-state index is 13.3. The largest absolute Gasteiger partial charge is 0.504 e. The van der Waals surface area contributed by atoms with E-state index in [-0.39, 0.29) is 29.3 Å². The Balaban J connectivity index is 1.23. The van der Waals surface area contributed by atoms with Crippen LogP contribution in [0.1, 0.15) is 90.3 Å². The number of hydrogen-bond acceptors (Lipinski definition) is 10. The van der Waals surface area contributed by atoms with Crippen molar-refractivity contribution < 1.29 is 29.6 Å². The summed E-state index contributed by atoms with van der Waals surface area (Å²) < 4.78 is 5.27. The molecule has 3 aromatic carbocycles. The minimum absolute atomic E-state index is 0.00374. The topological polar surface area (TPSA) is 167 Å². The van der Waals surface area contributed by atoms with Crippen LogP contribution in [0.5, 0.6) is 11.5 Å². The predicted octanol–water partition coefficient (Wildman–Crippen LogP) is 6.55. The highest BCUT2D eigenvalue weighted by molar-refractivity contribution is 6.07. The van der Waals surface area contributed by atoms with Crippen LogP contribution in [0.3, 0.4) is 0 Å². The van der Waals surface area contributed by atoms with E-state index in [4.69, 9.17) is 10.5 Å². The average Bonchev–Trinajstić information content (AvgIpc) is 3.23. The number of rotatable bonds is 24. The summed E-state index contributed by atoms with van der Waals surface area (Å²) >= 11 is 0. The number of aliphatic hydroxyl groups excluding tert-OH is 2. The van der Waals surface area contributed by atoms with Gasteiger partial charge in [0.2, 0.25) is 0 Å². The normalized spacial score (nSPS) is 14.0. The number of piperidine rings is 1. The maximum Gasteiger partial charge on any atom is 0.186 e. The van der Waals surface area contributed by atoms with Crippen molar-refractivity contribution in [3.63, 3.8) is 0 Å². The van der Waals surface area contributed by atoms with Crippen molar-refractivity contribution in [3.8, 4) is 11.5 Å². The zero-order valence-electron chi connectivity index (χ0n) is 34.1. The molecular formula is C48H62N4O6. The lowest BCUT2D eigenvalue weighted by atomic mass is 9.81. The highest BCUT2D eigenvalue weighted by Crippen LogP contribution is 2.35. The molecule has 1 atom stereocenters. The lowest BCUT2D eigenvalue weighted by Crippen LogP contribution is -2.35. The van der Waals surface area contributed by atoms with Gasteiger partial charge < -0.3 is 36.4 Å². The number of nitrogens with two attached hydrogens (primary N) is 1. The van der Waals surface area contributed by atoms with Crippen molar-refractivity contribution >= 4 is 23.0 Å². The highest BCUT2D eigenvalue weighted by Gasteiger charge is 2.23. The Morgan fingerprint density at radius 3 is 2.34 bits per heavy atom. The molecule has 58 heavy (non-hydrogen) atoms. The molecule has 5 rings (SSSR count). The number of hydrogen-bond donors (Lipinski definition) is 6. The highest BCUT2D eigenvalue weighted by atomic mass is 16.6. The van der Waals surface area contributed by atoms with E-state index < -0.39 is 19.2 Å². The van der Waals surface area contributed by atoms with E-state index in [1.54, 1.807) is 6.20 Å². The Kier molecular flexibility index (Phi) is 17.9. The number of aliphatic hydroxyl groups is 2. The second kappa shape index (κ2) is 23.5. The molecule has 2 heterocycles. The van der Waals surface area contributed by atoms with Gasteiger partial charge in [0, 0.05) is 12.6 Å². The molecule has 0 radical (unpaired) electrons. The summed E-state index contributed by atoms with van der Waals surface area (Å²) in [4.78, 5) is 30.5. The van der Waals surface area contributed by atoms with Crippen LogP contribution in [0.15, 0.2) is 85.1 Å². The standard InChI is InChI=1S/C48H62N4O6/c1-50-30-39(37-19-21-51-22-20-37)13-6-3-7-14-43(55)28-44(56)25-42(32-53)45-29-47(58-33-54)46(57)26-40(45)24-41-31-52-48(49)27-38(41)18-17-36-12-8-11-35(23-36)16-15-34-9-4-2-5-10-34/h2,4-5,8-12,23,25-27,29,31,37,39,50-51,53-54,57H,3,6-7,13-22,24,28,30,32-33H2,1H3,(H2,49,52)/t39-/m0/s1. The molecule has 10 heteroatoms. The number of aryl methyl sites for hydroxylation is 4. The second-order valence-electron chi connectivity index (χ2n) is 15.6. The van der Waals surface area contributed by atoms with Crippen LogP contribution < -0.4 is 21.1 Å². The summed E-state index contributed by atoms with van der Waals surface area (Å²) in [5.74, 6) is 1.04. The zero-order chi connectivity index (χ0) is 41.1. The lowest BCUT2D eigenvalue weighted by molar-refractivity contribution is -0.124. The quantitative estimate of drug-likeness (QED) is 0.0198. The Hall–Kier alpha value is -4.87. The molecule has 0 bridgehead atoms. The van der Waals surface area contributed by atoms with E-state index in [2.05, 4.69) is 64.1 Å². The molecule has 1 aromatic heterocycles. The molecule has 0 unspecified atom stereocenters. The fraction of sp³-hybridized carbons (Fsp3) is 0.438. The monoisotopic (exact) mass is 790 g/mol. The number of aromatic hydroxyl groups is 1. The molecular weight excluding hydrogens is 729 g/mol. The number of phenols is 1. The average molecular weight is 791 g/mol. The number of anilines is 1. The summed E-state index contributed by atoms with van der Waals surface area (Å²) in [6.07, 6.45) is 13.1. The molecule has 4 aromatic rings. The number of ketones is 2. The first kappa shape index (κ1) is 44.2. The summed E-state index contributed by atoms with van der Waals surface area (Å²) in [5.41, 5.74) is 13.2. The van der Waals surface area contributed by atoms with Crippen LogP contribution in [0, 0.1) is 11.8 Å². The fourth-order valence-electron chi connectivity index (χ4n) is 8.26. The van der Waals surface area contributed by atoms with Gasteiger partial charge in [-0.1, -0.05) is 67.4 Å². The third-order valence-corrected chi connectivity index (χ3v) is 11.4. The first-order valence-corrected chi connectivity index (χ1v) is 20.9. The van der Waals surface area contributed by atoms with Crippen molar-refractivity contribution in [1.82, 2.24) is 15.6 Å². The van der Waals surface area contributed by atoms with Crippen LogP contribution in [-0.4, -0.2) is 72.0 Å². The second-order valence-corrected chi connectivity index (χ2v) is 15.6. The summed E-state index contributed by atoms with van der Waals surface area (Å²) in [5, 5.41) is 37.7. The number of allylic oxidation sites excluding steroid dienone is 1. The van der Waals surface area contributed by atoms with Gasteiger partial charge in [-0.05, 0) is 165 Å². The van der Waals surface area contributed by atoms with Crippen LogP contribution in [0.25, 0.3) is 5.57 Å². The van der Waals surface area contributed by atoms with Gasteiger partial charge in [-0.3, -0.25) is 9.59 Å². The molecule has 310 valence electrons. The third kappa shape index (κ3) is 13.9. The molecule has 1 fully saturated rings. The number of phenolic OH excluding ortho intramolecular Hbond substituents is 1. The number of nitrogen functional groups attached to an aromatic ring is 1. The van der Waals surface area contributed by atoms with E-state index in [9.17, 15) is 24.9 Å². The molecule has 0 saturated carbocycles. The van der Waals surface area contributed by atoms with Gasteiger partial charge in [-0.2, -0.15) is 0 Å². The predicted molar refractivity (Wildman–Crippen MR) is 231 cm³/mol. The molecule has 1 aliphatic heterocycles. The number of nitrogens with one attached hydrogen (secondary N) is 2. The smallest absolute Gasteiger partial charge is 0.186 e. The molecule has 1 aliphatic rings. The lowest BCUT2D eigenvalue weighted by Gasteiger charge is -2.30. The van der Waals surface area contributed by atoms with Gasteiger partial charge in [0.05, 0.1) is 13.0 Å². The van der Waals surface area contributed by atoms with Crippen LogP contribution in [-0.2, 0) is 41.7 Å². The van der Waals surface area contributed by atoms with E-state index in [1.165, 1.54) is 47.7 Å². The molecule has 7 N–H and O–H groups in total. The SMILES string of the molecule is CNC[C@H](CCCCCC(=O)CC(=O)C=C(CO)c1cc(OCO)c(O)cc1Cc1cnc(N)cc1CCc1cccc(CCc2ccccc2)c1)C1CCNCC1. The van der Waals surface area contributed by atoms with Crippen LogP contribution in [0.4, 0.5) is 5.82 Å². The molecule has 1 saturated heterocycles. The Morgan fingerprint density at radius 1 is 0.897 bits per heavy atom. The third-order valence-electron chi connectivity index (χ3n) is 11.4. The van der Waals surface area contributed by atoms with Crippen LogP contribution >= 0.6 is 0 Å². The minimum Gasteiger partial charge on any atom is -0.504 e. The molecule has 0 aliphatic carbocycles. The van der Waals surface area contributed by atoms with Gasteiger partial charge >= 0.3 is 0 Å². The van der Waals surface area contributed by atoms with Crippen LogP contribution in [0.2, 0.25) is 0 Å². The first-order chi connectivity index (χ1) is 28.3. The number of unbranched alkanes of at least 4 members (excludes halogenated alkanes) is 2. The van der Waals surface area contributed by atoms with Gasteiger partial charge in [0.15, 0.2) is 24.1 Å². The number of Topliss-reactive ketones (excluding diaryl/α,β-unsaturated/α-hetero) is 1. The Labute approximate surface area is 344 Å². The summed E-state index contributed by atoms with van der Waals surface area (Å²) in [6, 6.07) is 24.0. The number of ether oxygens (including phenoxy) is 1. The van der Waals surface area contributed by atoms with E-state index in [0.29, 0.717) is 42.1 Å². The van der Waals surface area contributed by atoms with E-state index in [1.807, 2.05) is 19.2 Å². The number of nitrogens with zero attached hydrogens (tertiary/aromatic N) is 1. The van der Waals surface area contributed by atoms with Crippen molar-refractivity contribution in [2.75, 3.05) is 45.8 Å². The number of carbonyl (C=O) groups is 2. The van der Waals surface area contributed by atoms with Crippen molar-refractivity contribution in [2.45, 2.75) is 83.5 Å². The summed E-state index contributed by atoms with van der Waals surface area (Å²) in [6.45, 7) is 2.01. The van der Waals surface area contributed by atoms with Crippen molar-refractivity contribution in [2.24, 2.45) is 11.8 Å². The Morgan fingerprint density at radius 2 is 1.62 bits per heavy atom. The number of carbonyl (C=O) groups excluding carboxylic acids is 2. The van der Waals surface area contributed by atoms with Crippen molar-refractivity contribution in [1.29, 1.82) is 0 Å². The zero-order valence-corrected chi connectivity index (χ0v) is 34.1. The van der Waals surface area contributed by atoms with Crippen molar-refractivity contribution in [3.05, 3.63) is 124 Å². The van der Waals surface area contributed by atoms with Gasteiger partial charge in [-0.15, -0.1) is 0 Å².